The Morgan fingerprint density at radius 3 is 2.62 bits per heavy atom. The first-order valence-corrected chi connectivity index (χ1v) is 4.95. The summed E-state index contributed by atoms with van der Waals surface area (Å²) in [4.78, 5) is 9.19. The van der Waals surface area contributed by atoms with E-state index in [1.54, 1.807) is 0 Å². The number of aliphatic imine (C=N–C) groups is 1. The van der Waals surface area contributed by atoms with Crippen LogP contribution in [0.4, 0.5) is 0 Å². The van der Waals surface area contributed by atoms with Gasteiger partial charge < -0.3 is 4.90 Å². The predicted octanol–water partition coefficient (Wildman–Crippen LogP) is 0.243. The molecule has 3 heteroatoms. The Hall–Kier alpha value is -0.670. The molecule has 2 heterocycles. The zero-order valence-corrected chi connectivity index (χ0v) is 8.19. The molecule has 2 aliphatic heterocycles. The van der Waals surface area contributed by atoms with E-state index in [-0.39, 0.29) is 0 Å². The van der Waals surface area contributed by atoms with Gasteiger partial charge in [0.2, 0.25) is 0 Å². The monoisotopic (exact) mass is 179 g/mol. The molecular weight excluding hydrogens is 162 g/mol. The average molecular weight is 179 g/mol. The van der Waals surface area contributed by atoms with Crippen LogP contribution in [0.25, 0.3) is 0 Å². The number of dihydropyridines is 1. The van der Waals surface area contributed by atoms with Crippen LogP contribution in [-0.2, 0) is 0 Å². The van der Waals surface area contributed by atoms with Crippen molar-refractivity contribution < 1.29 is 0 Å². The molecule has 0 aromatic heterocycles. The SMILES string of the molecule is CN1CCN(C2C=CC=NC2)CC1. The van der Waals surface area contributed by atoms with Gasteiger partial charge >= 0.3 is 0 Å². The van der Waals surface area contributed by atoms with E-state index in [2.05, 4.69) is 34.0 Å². The summed E-state index contributed by atoms with van der Waals surface area (Å²) in [6, 6.07) is 0.554. The molecule has 3 nitrogen and oxygen atoms in total. The third kappa shape index (κ3) is 2.17. The second-order valence-electron chi connectivity index (χ2n) is 3.81. The van der Waals surface area contributed by atoms with Gasteiger partial charge in [-0.1, -0.05) is 6.08 Å². The van der Waals surface area contributed by atoms with Gasteiger partial charge in [-0.25, -0.2) is 0 Å². The Kier molecular flexibility index (Phi) is 2.76. The highest BCUT2D eigenvalue weighted by atomic mass is 15.3. The highest BCUT2D eigenvalue weighted by Gasteiger charge is 2.20. The van der Waals surface area contributed by atoms with E-state index in [0.29, 0.717) is 6.04 Å². The maximum Gasteiger partial charge on any atom is 0.0581 e. The first-order valence-electron chi connectivity index (χ1n) is 4.95. The lowest BCUT2D eigenvalue weighted by atomic mass is 10.1. The normalized spacial score (nSPS) is 31.0. The van der Waals surface area contributed by atoms with Crippen molar-refractivity contribution in [2.45, 2.75) is 6.04 Å². The standard InChI is InChI=1S/C10H17N3/c1-12-5-7-13(8-6-12)10-3-2-4-11-9-10/h2-4,10H,5-9H2,1H3. The Labute approximate surface area is 79.7 Å². The van der Waals surface area contributed by atoms with Gasteiger partial charge in [0.25, 0.3) is 0 Å². The molecule has 2 rings (SSSR count). The molecule has 1 fully saturated rings. The summed E-state index contributed by atoms with van der Waals surface area (Å²) in [5, 5.41) is 0. The smallest absolute Gasteiger partial charge is 0.0581 e. The van der Waals surface area contributed by atoms with Crippen LogP contribution in [0.2, 0.25) is 0 Å². The van der Waals surface area contributed by atoms with Crippen molar-refractivity contribution in [1.29, 1.82) is 0 Å². The average Bonchev–Trinajstić information content (AvgIpc) is 2.20. The summed E-state index contributed by atoms with van der Waals surface area (Å²) in [6.45, 7) is 5.68. The van der Waals surface area contributed by atoms with Crippen LogP contribution >= 0.6 is 0 Å². The maximum absolute atomic E-state index is 4.29. The number of rotatable bonds is 1. The molecule has 0 spiro atoms. The van der Waals surface area contributed by atoms with E-state index in [9.17, 15) is 0 Å². The molecule has 0 aromatic carbocycles. The van der Waals surface area contributed by atoms with E-state index in [1.807, 2.05) is 6.21 Å². The van der Waals surface area contributed by atoms with Gasteiger partial charge in [-0.05, 0) is 13.1 Å². The Balaban J connectivity index is 1.87. The lowest BCUT2D eigenvalue weighted by Crippen LogP contribution is -2.49. The summed E-state index contributed by atoms with van der Waals surface area (Å²) in [5.74, 6) is 0. The van der Waals surface area contributed by atoms with Crippen LogP contribution in [-0.4, -0.2) is 61.8 Å². The Morgan fingerprint density at radius 1 is 1.23 bits per heavy atom. The van der Waals surface area contributed by atoms with Gasteiger partial charge in [0.1, 0.15) is 0 Å². The Bertz CT molecular complexity index is 214. The van der Waals surface area contributed by atoms with Crippen LogP contribution in [0.15, 0.2) is 17.1 Å². The summed E-state index contributed by atoms with van der Waals surface area (Å²) in [5.41, 5.74) is 0. The van der Waals surface area contributed by atoms with E-state index >= 15 is 0 Å². The minimum atomic E-state index is 0.554. The molecule has 0 bridgehead atoms. The second kappa shape index (κ2) is 4.03. The van der Waals surface area contributed by atoms with E-state index in [0.717, 1.165) is 6.54 Å². The molecule has 13 heavy (non-hydrogen) atoms. The van der Waals surface area contributed by atoms with Crippen molar-refractivity contribution in [3.05, 3.63) is 12.2 Å². The number of hydrogen-bond donors (Lipinski definition) is 0. The van der Waals surface area contributed by atoms with Gasteiger partial charge in [0.05, 0.1) is 6.54 Å². The number of allylic oxidation sites excluding steroid dienone is 1. The maximum atomic E-state index is 4.29. The van der Waals surface area contributed by atoms with Crippen LogP contribution in [0, 0.1) is 0 Å². The number of hydrogen-bond acceptors (Lipinski definition) is 3. The first-order chi connectivity index (χ1) is 6.36. The summed E-state index contributed by atoms with van der Waals surface area (Å²) in [6.07, 6.45) is 6.22. The van der Waals surface area contributed by atoms with E-state index in [1.165, 1.54) is 26.2 Å². The third-order valence-electron chi connectivity index (χ3n) is 2.82. The van der Waals surface area contributed by atoms with Gasteiger partial charge in [-0.15, -0.1) is 0 Å². The van der Waals surface area contributed by atoms with Gasteiger partial charge in [-0.2, -0.15) is 0 Å². The molecule has 0 N–H and O–H groups in total. The van der Waals surface area contributed by atoms with E-state index < -0.39 is 0 Å². The van der Waals surface area contributed by atoms with Crippen LogP contribution in [0.5, 0.6) is 0 Å². The molecule has 1 atom stereocenters. The molecule has 72 valence electrons. The zero-order chi connectivity index (χ0) is 9.10. The van der Waals surface area contributed by atoms with Gasteiger partial charge in [0, 0.05) is 38.4 Å². The summed E-state index contributed by atoms with van der Waals surface area (Å²) < 4.78 is 0. The quantitative estimate of drug-likeness (QED) is 0.574. The molecule has 0 radical (unpaired) electrons. The number of nitrogens with zero attached hydrogens (tertiary/aromatic N) is 3. The number of likely N-dealkylation sites (N-methyl/N-ethyl adjacent to an activating group) is 1. The highest BCUT2D eigenvalue weighted by Crippen LogP contribution is 2.08. The molecule has 0 aliphatic carbocycles. The van der Waals surface area contributed by atoms with Crippen LogP contribution in [0.1, 0.15) is 0 Å². The van der Waals surface area contributed by atoms with Crippen molar-refractivity contribution in [3.63, 3.8) is 0 Å². The van der Waals surface area contributed by atoms with Crippen molar-refractivity contribution in [3.8, 4) is 0 Å². The van der Waals surface area contributed by atoms with Gasteiger partial charge in [-0.3, -0.25) is 9.89 Å². The molecule has 1 saturated heterocycles. The fraction of sp³-hybridized carbons (Fsp3) is 0.700. The van der Waals surface area contributed by atoms with Crippen molar-refractivity contribution in [2.24, 2.45) is 4.99 Å². The molecule has 0 amide bonds. The molecule has 2 aliphatic rings. The first kappa shape index (κ1) is 8.91. The van der Waals surface area contributed by atoms with Crippen LogP contribution < -0.4 is 0 Å². The fourth-order valence-corrected chi connectivity index (χ4v) is 1.86. The molecular formula is C10H17N3. The summed E-state index contributed by atoms with van der Waals surface area (Å²) >= 11 is 0. The lowest BCUT2D eigenvalue weighted by molar-refractivity contribution is 0.132. The minimum absolute atomic E-state index is 0.554. The molecule has 0 aromatic rings. The molecule has 0 saturated carbocycles. The molecule has 1 unspecified atom stereocenters. The summed E-state index contributed by atoms with van der Waals surface area (Å²) in [7, 11) is 2.19. The third-order valence-corrected chi connectivity index (χ3v) is 2.82. The highest BCUT2D eigenvalue weighted by molar-refractivity contribution is 5.72. The fourth-order valence-electron chi connectivity index (χ4n) is 1.86. The second-order valence-corrected chi connectivity index (χ2v) is 3.81. The number of piperazine rings is 1. The van der Waals surface area contributed by atoms with Gasteiger partial charge in [0.15, 0.2) is 0 Å². The largest absolute Gasteiger partial charge is 0.304 e. The predicted molar refractivity (Wildman–Crippen MR) is 55.4 cm³/mol. The minimum Gasteiger partial charge on any atom is -0.304 e. The van der Waals surface area contributed by atoms with Crippen LogP contribution in [0.3, 0.4) is 0 Å². The topological polar surface area (TPSA) is 18.8 Å². The lowest BCUT2D eigenvalue weighted by Gasteiger charge is -2.36. The zero-order valence-electron chi connectivity index (χ0n) is 8.19. The van der Waals surface area contributed by atoms with Crippen molar-refractivity contribution in [1.82, 2.24) is 9.80 Å². The van der Waals surface area contributed by atoms with Crippen molar-refractivity contribution in [2.75, 3.05) is 39.8 Å². The Morgan fingerprint density at radius 2 is 2.00 bits per heavy atom. The van der Waals surface area contributed by atoms with E-state index in [4.69, 9.17) is 0 Å². The van der Waals surface area contributed by atoms with Crippen molar-refractivity contribution >= 4 is 6.21 Å².